The Hall–Kier alpha value is 0.930. The topological polar surface area (TPSA) is 0 Å². The predicted octanol–water partition coefficient (Wildman–Crippen LogP) is 2.34. The largest absolute Gasteiger partial charge is 0.159 e. The normalized spacial score (nSPS) is 47.6. The van der Waals surface area contributed by atoms with Crippen LogP contribution in [0.1, 0.15) is 6.92 Å². The monoisotopic (exact) mass is 170 g/mol. The summed E-state index contributed by atoms with van der Waals surface area (Å²) in [5.41, 5.74) is 0. The quantitative estimate of drug-likeness (QED) is 0.504. The van der Waals surface area contributed by atoms with Gasteiger partial charge in [0.1, 0.15) is 0 Å². The van der Waals surface area contributed by atoms with Crippen LogP contribution in [0.3, 0.4) is 0 Å². The first kappa shape index (κ1) is 7.04. The molecule has 1 saturated heterocycles. The highest BCUT2D eigenvalue weighted by Gasteiger charge is 2.35. The van der Waals surface area contributed by atoms with E-state index >= 15 is 0 Å². The molecule has 3 heteroatoms. The van der Waals surface area contributed by atoms with Gasteiger partial charge in [-0.25, -0.2) is 0 Å². The number of hydrogen-bond donors (Lipinski definition) is 0. The second kappa shape index (κ2) is 2.28. The summed E-state index contributed by atoms with van der Waals surface area (Å²) >= 11 is 13.6. The van der Waals surface area contributed by atoms with Gasteiger partial charge in [-0.3, -0.25) is 0 Å². The average molecular weight is 171 g/mol. The molecule has 2 unspecified atom stereocenters. The molecule has 1 heterocycles. The van der Waals surface area contributed by atoms with Crippen molar-refractivity contribution in [1.29, 1.82) is 0 Å². The van der Waals surface area contributed by atoms with Crippen LogP contribution in [0.2, 0.25) is 0 Å². The van der Waals surface area contributed by atoms with Crippen LogP contribution in [-0.2, 0) is 0 Å². The molecule has 0 aromatic heterocycles. The molecule has 0 N–H and O–H groups in total. The van der Waals surface area contributed by atoms with Crippen molar-refractivity contribution in [1.82, 2.24) is 0 Å². The van der Waals surface area contributed by atoms with Crippen LogP contribution in [0, 0.1) is 0 Å². The van der Waals surface area contributed by atoms with Crippen molar-refractivity contribution < 1.29 is 0 Å². The van der Waals surface area contributed by atoms with Gasteiger partial charge in [0.2, 0.25) is 0 Å². The van der Waals surface area contributed by atoms with Gasteiger partial charge < -0.3 is 0 Å². The molecule has 8 heavy (non-hydrogen) atoms. The van der Waals surface area contributed by atoms with Gasteiger partial charge in [-0.2, -0.15) is 11.8 Å². The molecule has 0 nitrogen and oxygen atoms in total. The Morgan fingerprint density at radius 1 is 1.75 bits per heavy atom. The minimum Gasteiger partial charge on any atom is -0.159 e. The Kier molecular flexibility index (Phi) is 2.01. The molecule has 0 aromatic carbocycles. The van der Waals surface area contributed by atoms with E-state index in [4.69, 9.17) is 23.2 Å². The van der Waals surface area contributed by atoms with Crippen molar-refractivity contribution in [2.24, 2.45) is 0 Å². The molecule has 1 aliphatic heterocycles. The highest BCUT2D eigenvalue weighted by molar-refractivity contribution is 7.99. The number of hydrogen-bond acceptors (Lipinski definition) is 1. The van der Waals surface area contributed by atoms with Crippen LogP contribution < -0.4 is 0 Å². The highest BCUT2D eigenvalue weighted by Crippen LogP contribution is 2.36. The lowest BCUT2D eigenvalue weighted by Crippen LogP contribution is -2.26. The van der Waals surface area contributed by atoms with Crippen LogP contribution >= 0.6 is 35.0 Å². The van der Waals surface area contributed by atoms with Gasteiger partial charge in [-0.05, 0) is 6.92 Å². The zero-order valence-corrected chi connectivity index (χ0v) is 6.98. The second-order valence-corrected chi connectivity index (χ2v) is 4.68. The molecule has 48 valence electrons. The van der Waals surface area contributed by atoms with E-state index in [-0.39, 0.29) is 10.3 Å². The number of alkyl halides is 2. The molecule has 0 radical (unpaired) electrons. The summed E-state index contributed by atoms with van der Waals surface area (Å²) in [6.07, 6.45) is 0. The van der Waals surface area contributed by atoms with E-state index in [1.807, 2.05) is 18.7 Å². The molecule has 1 rings (SSSR count). The minimum absolute atomic E-state index is 0.147. The standard InChI is InChI=1S/C5H8Cl2S/c1-5(7)3-8-2-4(5)6/h4H,2-3H2,1H3. The maximum atomic E-state index is 5.97. The van der Waals surface area contributed by atoms with Gasteiger partial charge in [0.25, 0.3) is 0 Å². The molecule has 0 aromatic rings. The van der Waals surface area contributed by atoms with Crippen molar-refractivity contribution in [2.75, 3.05) is 11.5 Å². The smallest absolute Gasteiger partial charge is 0.0679 e. The molecule has 0 saturated carbocycles. The van der Waals surface area contributed by atoms with Crippen LogP contribution in [-0.4, -0.2) is 21.8 Å². The Bertz CT molecular complexity index is 92.4. The first-order valence-corrected chi connectivity index (χ1v) is 4.50. The Balaban J connectivity index is 2.54. The molecule has 0 aliphatic carbocycles. The molecule has 0 spiro atoms. The number of halogens is 2. The molecule has 1 aliphatic rings. The van der Waals surface area contributed by atoms with E-state index < -0.39 is 0 Å². The summed E-state index contributed by atoms with van der Waals surface area (Å²) in [6.45, 7) is 1.99. The summed E-state index contributed by atoms with van der Waals surface area (Å²) in [5.74, 6) is 1.99. The molecular formula is C5H8Cl2S. The first-order chi connectivity index (χ1) is 3.63. The van der Waals surface area contributed by atoms with Gasteiger partial charge in [-0.15, -0.1) is 23.2 Å². The van der Waals surface area contributed by atoms with Gasteiger partial charge in [0, 0.05) is 11.5 Å². The summed E-state index contributed by atoms with van der Waals surface area (Å²) in [4.78, 5) is -0.147. The maximum Gasteiger partial charge on any atom is 0.0679 e. The van der Waals surface area contributed by atoms with Gasteiger partial charge in [-0.1, -0.05) is 0 Å². The molecule has 1 fully saturated rings. The zero-order valence-electron chi connectivity index (χ0n) is 4.66. The van der Waals surface area contributed by atoms with Crippen molar-refractivity contribution >= 4 is 35.0 Å². The van der Waals surface area contributed by atoms with Crippen molar-refractivity contribution in [3.63, 3.8) is 0 Å². The third-order valence-corrected chi connectivity index (χ3v) is 4.16. The Labute approximate surface area is 63.9 Å². The SMILES string of the molecule is CC1(Cl)CSCC1Cl. The lowest BCUT2D eigenvalue weighted by Gasteiger charge is -2.16. The van der Waals surface area contributed by atoms with E-state index in [0.717, 1.165) is 11.5 Å². The van der Waals surface area contributed by atoms with E-state index in [9.17, 15) is 0 Å². The zero-order chi connectivity index (χ0) is 6.20. The highest BCUT2D eigenvalue weighted by atomic mass is 35.5. The third kappa shape index (κ3) is 1.26. The summed E-state index contributed by atoms with van der Waals surface area (Å²) < 4.78 is 0. The van der Waals surface area contributed by atoms with Gasteiger partial charge in [0.05, 0.1) is 10.3 Å². The molecule has 0 amide bonds. The van der Waals surface area contributed by atoms with Crippen molar-refractivity contribution in [3.8, 4) is 0 Å². The maximum absolute atomic E-state index is 5.97. The fourth-order valence-corrected chi connectivity index (χ4v) is 2.76. The lowest BCUT2D eigenvalue weighted by molar-refractivity contribution is 0.724. The summed E-state index contributed by atoms with van der Waals surface area (Å²) in [5, 5.41) is 0.161. The van der Waals surface area contributed by atoms with E-state index in [1.165, 1.54) is 0 Å². The fraction of sp³-hybridized carbons (Fsp3) is 1.00. The fourth-order valence-electron chi connectivity index (χ4n) is 0.626. The third-order valence-electron chi connectivity index (χ3n) is 1.30. The second-order valence-electron chi connectivity index (χ2n) is 2.26. The lowest BCUT2D eigenvalue weighted by atomic mass is 10.1. The summed E-state index contributed by atoms with van der Waals surface area (Å²) in [7, 11) is 0. The Morgan fingerprint density at radius 3 is 2.50 bits per heavy atom. The molecule has 2 atom stereocenters. The van der Waals surface area contributed by atoms with E-state index in [2.05, 4.69) is 0 Å². The molecular weight excluding hydrogens is 163 g/mol. The van der Waals surface area contributed by atoms with Gasteiger partial charge in [0.15, 0.2) is 0 Å². The number of thioether (sulfide) groups is 1. The Morgan fingerprint density at radius 2 is 2.38 bits per heavy atom. The minimum atomic E-state index is -0.147. The van der Waals surface area contributed by atoms with Crippen LogP contribution in [0.5, 0.6) is 0 Å². The first-order valence-electron chi connectivity index (χ1n) is 2.54. The van der Waals surface area contributed by atoms with Crippen LogP contribution in [0.15, 0.2) is 0 Å². The van der Waals surface area contributed by atoms with Crippen LogP contribution in [0.4, 0.5) is 0 Å². The number of rotatable bonds is 0. The van der Waals surface area contributed by atoms with Gasteiger partial charge >= 0.3 is 0 Å². The summed E-state index contributed by atoms with van der Waals surface area (Å²) in [6, 6.07) is 0. The van der Waals surface area contributed by atoms with Crippen LogP contribution in [0.25, 0.3) is 0 Å². The van der Waals surface area contributed by atoms with E-state index in [0.29, 0.717) is 0 Å². The van der Waals surface area contributed by atoms with Crippen molar-refractivity contribution in [2.45, 2.75) is 17.2 Å². The predicted molar refractivity (Wildman–Crippen MR) is 41.2 cm³/mol. The average Bonchev–Trinajstić information content (AvgIpc) is 1.86. The van der Waals surface area contributed by atoms with Crippen molar-refractivity contribution in [3.05, 3.63) is 0 Å². The van der Waals surface area contributed by atoms with E-state index in [1.54, 1.807) is 0 Å². The molecule has 0 bridgehead atoms.